The number of amides is 1. The summed E-state index contributed by atoms with van der Waals surface area (Å²) in [5, 5.41) is 12.4. The van der Waals surface area contributed by atoms with Gasteiger partial charge in [0.25, 0.3) is 0 Å². The molecule has 4 heteroatoms. The summed E-state index contributed by atoms with van der Waals surface area (Å²) < 4.78 is 0. The first kappa shape index (κ1) is 14.0. The zero-order valence-corrected chi connectivity index (χ0v) is 11.4. The van der Waals surface area contributed by atoms with Crippen molar-refractivity contribution in [2.45, 2.75) is 32.3 Å². The number of carbonyl (C=O) groups excluding carboxylic acids is 1. The zero-order chi connectivity index (χ0) is 13.7. The number of carbonyl (C=O) groups is 1. The summed E-state index contributed by atoms with van der Waals surface area (Å²) in [6.07, 6.45) is 2.30. The molecule has 104 valence electrons. The second-order valence-corrected chi connectivity index (χ2v) is 5.11. The van der Waals surface area contributed by atoms with Gasteiger partial charge in [0.2, 0.25) is 5.91 Å². The Morgan fingerprint density at radius 3 is 2.84 bits per heavy atom. The van der Waals surface area contributed by atoms with E-state index >= 15 is 0 Å². The first-order chi connectivity index (χ1) is 9.17. The third-order valence-corrected chi connectivity index (χ3v) is 3.54. The Hall–Kier alpha value is -1.39. The van der Waals surface area contributed by atoms with Gasteiger partial charge in [-0.25, -0.2) is 0 Å². The Labute approximate surface area is 114 Å². The maximum atomic E-state index is 11.9. The first-order valence-corrected chi connectivity index (χ1v) is 6.96. The van der Waals surface area contributed by atoms with E-state index in [9.17, 15) is 9.90 Å². The lowest BCUT2D eigenvalue weighted by atomic mass is 10.1. The van der Waals surface area contributed by atoms with E-state index < -0.39 is 0 Å². The highest BCUT2D eigenvalue weighted by Crippen LogP contribution is 2.12. The van der Waals surface area contributed by atoms with Crippen LogP contribution in [-0.4, -0.2) is 41.7 Å². The average Bonchev–Trinajstić information content (AvgIpc) is 2.41. The Balaban J connectivity index is 1.83. The molecule has 1 amide bonds. The van der Waals surface area contributed by atoms with E-state index in [2.05, 4.69) is 23.2 Å². The molecular weight excluding hydrogens is 240 g/mol. The molecular formula is C15H22N2O2. The molecule has 1 aliphatic heterocycles. The van der Waals surface area contributed by atoms with Crippen molar-refractivity contribution >= 4 is 11.6 Å². The monoisotopic (exact) mass is 262 g/mol. The van der Waals surface area contributed by atoms with Gasteiger partial charge in [-0.3, -0.25) is 9.69 Å². The zero-order valence-electron chi connectivity index (χ0n) is 11.4. The van der Waals surface area contributed by atoms with Crippen molar-refractivity contribution < 1.29 is 9.90 Å². The number of aryl methyl sites for hydroxylation is 1. The van der Waals surface area contributed by atoms with Gasteiger partial charge in [-0.2, -0.15) is 0 Å². The third-order valence-electron chi connectivity index (χ3n) is 3.54. The number of nitrogens with zero attached hydrogens (tertiary/aromatic N) is 1. The van der Waals surface area contributed by atoms with Gasteiger partial charge in [0, 0.05) is 18.8 Å². The molecule has 1 aromatic carbocycles. The second kappa shape index (κ2) is 6.68. The normalized spacial score (nSPS) is 17.4. The van der Waals surface area contributed by atoms with Crippen molar-refractivity contribution in [3.63, 3.8) is 0 Å². The summed E-state index contributed by atoms with van der Waals surface area (Å²) >= 11 is 0. The quantitative estimate of drug-likeness (QED) is 0.867. The van der Waals surface area contributed by atoms with Crippen molar-refractivity contribution in [3.8, 4) is 0 Å². The molecule has 1 saturated heterocycles. The largest absolute Gasteiger partial charge is 0.393 e. The number of rotatable bonds is 4. The van der Waals surface area contributed by atoms with Crippen molar-refractivity contribution in [1.29, 1.82) is 0 Å². The average molecular weight is 262 g/mol. The summed E-state index contributed by atoms with van der Waals surface area (Å²) in [5.74, 6) is 0.0182. The number of anilines is 1. The van der Waals surface area contributed by atoms with Crippen molar-refractivity contribution in [2.24, 2.45) is 0 Å². The maximum absolute atomic E-state index is 11.9. The molecule has 0 aromatic heterocycles. The molecule has 0 spiro atoms. The smallest absolute Gasteiger partial charge is 0.238 e. The highest BCUT2D eigenvalue weighted by Gasteiger charge is 2.18. The topological polar surface area (TPSA) is 52.6 Å². The van der Waals surface area contributed by atoms with Crippen LogP contribution in [0.5, 0.6) is 0 Å². The van der Waals surface area contributed by atoms with Gasteiger partial charge in [0.05, 0.1) is 12.6 Å². The number of nitrogens with one attached hydrogen (secondary N) is 1. The number of hydrogen-bond donors (Lipinski definition) is 2. The fourth-order valence-corrected chi connectivity index (χ4v) is 2.35. The summed E-state index contributed by atoms with van der Waals surface area (Å²) in [7, 11) is 0. The summed E-state index contributed by atoms with van der Waals surface area (Å²) in [4.78, 5) is 14.0. The van der Waals surface area contributed by atoms with E-state index in [1.54, 1.807) is 0 Å². The Bertz CT molecular complexity index is 426. The molecule has 1 heterocycles. The highest BCUT2D eigenvalue weighted by atomic mass is 16.3. The summed E-state index contributed by atoms with van der Waals surface area (Å²) in [6.45, 7) is 4.09. The SMILES string of the molecule is CCc1cccc(NC(=O)CN2CCC(O)CC2)c1. The number of aliphatic hydroxyl groups is 1. The molecule has 0 atom stereocenters. The van der Waals surface area contributed by atoms with Gasteiger partial charge in [-0.1, -0.05) is 19.1 Å². The van der Waals surface area contributed by atoms with Gasteiger partial charge in [-0.15, -0.1) is 0 Å². The van der Waals surface area contributed by atoms with Gasteiger partial charge in [0.15, 0.2) is 0 Å². The minimum Gasteiger partial charge on any atom is -0.393 e. The molecule has 2 N–H and O–H groups in total. The lowest BCUT2D eigenvalue weighted by Gasteiger charge is -2.28. The molecule has 0 radical (unpaired) electrons. The molecule has 1 fully saturated rings. The van der Waals surface area contributed by atoms with E-state index in [0.717, 1.165) is 38.0 Å². The first-order valence-electron chi connectivity index (χ1n) is 6.96. The molecule has 1 aliphatic rings. The van der Waals surface area contributed by atoms with Crippen molar-refractivity contribution in [3.05, 3.63) is 29.8 Å². The fourth-order valence-electron chi connectivity index (χ4n) is 2.35. The lowest BCUT2D eigenvalue weighted by molar-refractivity contribution is -0.117. The van der Waals surface area contributed by atoms with E-state index in [0.29, 0.717) is 6.54 Å². The van der Waals surface area contributed by atoms with Gasteiger partial charge in [0.1, 0.15) is 0 Å². The minimum atomic E-state index is -0.194. The van der Waals surface area contributed by atoms with E-state index in [1.807, 2.05) is 18.2 Å². The summed E-state index contributed by atoms with van der Waals surface area (Å²) in [6, 6.07) is 7.95. The predicted octanol–water partition coefficient (Wildman–Crippen LogP) is 1.64. The molecule has 1 aromatic rings. The van der Waals surface area contributed by atoms with E-state index in [4.69, 9.17) is 0 Å². The molecule has 0 aliphatic carbocycles. The van der Waals surface area contributed by atoms with Gasteiger partial charge < -0.3 is 10.4 Å². The third kappa shape index (κ3) is 4.33. The highest BCUT2D eigenvalue weighted by molar-refractivity contribution is 5.92. The number of aliphatic hydroxyl groups excluding tert-OH is 1. The van der Waals surface area contributed by atoms with E-state index in [-0.39, 0.29) is 12.0 Å². The summed E-state index contributed by atoms with van der Waals surface area (Å²) in [5.41, 5.74) is 2.08. The Kier molecular flexibility index (Phi) is 4.93. The maximum Gasteiger partial charge on any atom is 0.238 e. The van der Waals surface area contributed by atoms with Crippen LogP contribution in [0, 0.1) is 0 Å². The number of benzene rings is 1. The molecule has 0 bridgehead atoms. The molecule has 19 heavy (non-hydrogen) atoms. The second-order valence-electron chi connectivity index (χ2n) is 5.11. The van der Waals surface area contributed by atoms with Crippen molar-refractivity contribution in [2.75, 3.05) is 25.0 Å². The van der Waals surface area contributed by atoms with Crippen LogP contribution >= 0.6 is 0 Å². The van der Waals surface area contributed by atoms with E-state index in [1.165, 1.54) is 5.56 Å². The molecule has 0 saturated carbocycles. The van der Waals surface area contributed by atoms with Crippen LogP contribution < -0.4 is 5.32 Å². The fraction of sp³-hybridized carbons (Fsp3) is 0.533. The van der Waals surface area contributed by atoms with Crippen molar-refractivity contribution in [1.82, 2.24) is 4.90 Å². The van der Waals surface area contributed by atoms with Gasteiger partial charge >= 0.3 is 0 Å². The van der Waals surface area contributed by atoms with Crippen LogP contribution in [0.4, 0.5) is 5.69 Å². The van der Waals surface area contributed by atoms with Crippen LogP contribution in [0.2, 0.25) is 0 Å². The standard InChI is InChI=1S/C15H22N2O2/c1-2-12-4-3-5-13(10-12)16-15(19)11-17-8-6-14(18)7-9-17/h3-5,10,14,18H,2,6-9,11H2,1H3,(H,16,19). The Morgan fingerprint density at radius 2 is 2.16 bits per heavy atom. The molecule has 4 nitrogen and oxygen atoms in total. The van der Waals surface area contributed by atoms with Crippen LogP contribution in [0.15, 0.2) is 24.3 Å². The molecule has 2 rings (SSSR count). The number of hydrogen-bond acceptors (Lipinski definition) is 3. The van der Waals surface area contributed by atoms with Gasteiger partial charge in [-0.05, 0) is 37.0 Å². The van der Waals surface area contributed by atoms with Crippen LogP contribution in [-0.2, 0) is 11.2 Å². The Morgan fingerprint density at radius 1 is 1.42 bits per heavy atom. The lowest BCUT2D eigenvalue weighted by Crippen LogP contribution is -2.40. The van der Waals surface area contributed by atoms with Crippen LogP contribution in [0.1, 0.15) is 25.3 Å². The van der Waals surface area contributed by atoms with Crippen LogP contribution in [0.25, 0.3) is 0 Å². The predicted molar refractivity (Wildman–Crippen MR) is 76.1 cm³/mol. The number of piperidine rings is 1. The number of likely N-dealkylation sites (tertiary alicyclic amines) is 1. The minimum absolute atomic E-state index is 0.0182. The molecule has 0 unspecified atom stereocenters. The van der Waals surface area contributed by atoms with Crippen LogP contribution in [0.3, 0.4) is 0 Å².